The van der Waals surface area contributed by atoms with E-state index in [0.717, 1.165) is 22.2 Å². The molecule has 1 fully saturated rings. The summed E-state index contributed by atoms with van der Waals surface area (Å²) < 4.78 is 6.22. The van der Waals surface area contributed by atoms with Crippen molar-refractivity contribution in [3.05, 3.63) is 94.6 Å². The highest BCUT2D eigenvalue weighted by atomic mass is 32.1. The summed E-state index contributed by atoms with van der Waals surface area (Å²) in [5.41, 5.74) is 4.14. The lowest BCUT2D eigenvalue weighted by atomic mass is 9.95. The van der Waals surface area contributed by atoms with Gasteiger partial charge in [0.25, 0.3) is 5.78 Å². The number of aromatic nitrogens is 1. The van der Waals surface area contributed by atoms with Crippen LogP contribution in [0.1, 0.15) is 35.2 Å². The van der Waals surface area contributed by atoms with Crippen LogP contribution in [-0.4, -0.2) is 28.9 Å². The molecule has 35 heavy (non-hydrogen) atoms. The Bertz CT molecular complexity index is 1470. The average molecular weight is 485 g/mol. The standard InChI is InChI=1S/C28H24N2O4S/c1-4-17-7-14-21-22(15-17)35-28(29-21)30-24(18-10-12-20(34-3)13-11-18)23(26(32)27(30)33)25(31)19-8-5-16(2)6-9-19/h5-15,24,31H,4H2,1-3H3. The lowest BCUT2D eigenvalue weighted by molar-refractivity contribution is -0.132. The molecular formula is C28H24N2O4S. The number of carbonyl (C=O) groups excluding carboxylic acids is 2. The number of hydrogen-bond donors (Lipinski definition) is 1. The van der Waals surface area contributed by atoms with Gasteiger partial charge >= 0.3 is 5.91 Å². The number of hydrogen-bond acceptors (Lipinski definition) is 6. The normalized spacial score (nSPS) is 17.3. The Kier molecular flexibility index (Phi) is 5.86. The zero-order valence-corrected chi connectivity index (χ0v) is 20.4. The molecule has 0 radical (unpaired) electrons. The van der Waals surface area contributed by atoms with Crippen LogP contribution in [0.3, 0.4) is 0 Å². The maximum absolute atomic E-state index is 13.4. The van der Waals surface area contributed by atoms with Gasteiger partial charge in [0.2, 0.25) is 0 Å². The average Bonchev–Trinajstić information content (AvgIpc) is 3.41. The van der Waals surface area contributed by atoms with Gasteiger partial charge in [-0.2, -0.15) is 0 Å². The summed E-state index contributed by atoms with van der Waals surface area (Å²) in [7, 11) is 1.57. The molecule has 7 heteroatoms. The van der Waals surface area contributed by atoms with E-state index in [1.807, 2.05) is 31.2 Å². The summed E-state index contributed by atoms with van der Waals surface area (Å²) >= 11 is 1.36. The molecule has 1 atom stereocenters. The van der Waals surface area contributed by atoms with Gasteiger partial charge in [-0.15, -0.1) is 0 Å². The molecule has 1 aromatic heterocycles. The number of aliphatic hydroxyl groups excluding tert-OH is 1. The Balaban J connectivity index is 1.70. The predicted molar refractivity (Wildman–Crippen MR) is 138 cm³/mol. The van der Waals surface area contributed by atoms with Crippen molar-refractivity contribution < 1.29 is 19.4 Å². The van der Waals surface area contributed by atoms with E-state index in [2.05, 4.69) is 18.0 Å². The number of methoxy groups -OCH3 is 1. The van der Waals surface area contributed by atoms with Crippen LogP contribution in [0.15, 0.2) is 72.3 Å². The number of amides is 1. The van der Waals surface area contributed by atoms with Crippen molar-refractivity contribution in [1.82, 2.24) is 4.98 Å². The third-order valence-electron chi connectivity index (χ3n) is 6.26. The maximum atomic E-state index is 13.4. The zero-order chi connectivity index (χ0) is 24.7. The molecule has 1 aliphatic heterocycles. The van der Waals surface area contributed by atoms with Crippen LogP contribution in [-0.2, 0) is 16.0 Å². The summed E-state index contributed by atoms with van der Waals surface area (Å²) in [6.07, 6.45) is 0.885. The highest BCUT2D eigenvalue weighted by Crippen LogP contribution is 2.44. The molecule has 6 nitrogen and oxygen atoms in total. The fourth-order valence-electron chi connectivity index (χ4n) is 4.28. The number of fused-ring (bicyclic) bond motifs is 1. The molecular weight excluding hydrogens is 460 g/mol. The molecule has 1 N–H and O–H groups in total. The molecule has 1 unspecified atom stereocenters. The van der Waals surface area contributed by atoms with Crippen molar-refractivity contribution in [2.75, 3.05) is 12.0 Å². The number of ether oxygens (including phenoxy) is 1. The van der Waals surface area contributed by atoms with Gasteiger partial charge in [0, 0.05) is 5.56 Å². The minimum absolute atomic E-state index is 0.0394. The number of nitrogens with zero attached hydrogens (tertiary/aromatic N) is 2. The van der Waals surface area contributed by atoms with E-state index < -0.39 is 17.7 Å². The Morgan fingerprint density at radius 1 is 1.06 bits per heavy atom. The molecule has 1 aliphatic rings. The fourth-order valence-corrected chi connectivity index (χ4v) is 5.33. The molecule has 0 saturated carbocycles. The molecule has 0 aliphatic carbocycles. The van der Waals surface area contributed by atoms with E-state index in [-0.39, 0.29) is 11.3 Å². The first-order valence-electron chi connectivity index (χ1n) is 11.3. The highest BCUT2D eigenvalue weighted by Gasteiger charge is 2.48. The minimum atomic E-state index is -0.826. The van der Waals surface area contributed by atoms with Crippen LogP contribution in [0.2, 0.25) is 0 Å². The fraction of sp³-hybridized carbons (Fsp3) is 0.179. The van der Waals surface area contributed by atoms with Gasteiger partial charge in [0.15, 0.2) is 5.13 Å². The van der Waals surface area contributed by atoms with E-state index >= 15 is 0 Å². The number of carbonyl (C=O) groups is 2. The molecule has 0 spiro atoms. The van der Waals surface area contributed by atoms with Gasteiger partial charge in [0.1, 0.15) is 11.5 Å². The molecule has 3 aromatic carbocycles. The van der Waals surface area contributed by atoms with Crippen LogP contribution in [0.5, 0.6) is 5.75 Å². The van der Waals surface area contributed by atoms with Crippen molar-refractivity contribution in [3.8, 4) is 5.75 Å². The molecule has 1 saturated heterocycles. The number of thiazole rings is 1. The number of Topliss-reactive ketones (excluding diaryl/α,β-unsaturated/α-hetero) is 1. The van der Waals surface area contributed by atoms with Crippen LogP contribution in [0.4, 0.5) is 5.13 Å². The van der Waals surface area contributed by atoms with Crippen LogP contribution >= 0.6 is 11.3 Å². The highest BCUT2D eigenvalue weighted by molar-refractivity contribution is 7.22. The summed E-state index contributed by atoms with van der Waals surface area (Å²) in [6.45, 7) is 4.02. The second-order valence-corrected chi connectivity index (χ2v) is 9.47. The first kappa shape index (κ1) is 22.8. The van der Waals surface area contributed by atoms with E-state index in [0.29, 0.717) is 22.0 Å². The molecule has 0 bridgehead atoms. The van der Waals surface area contributed by atoms with Crippen LogP contribution in [0.25, 0.3) is 16.0 Å². The van der Waals surface area contributed by atoms with Crippen molar-refractivity contribution >= 4 is 44.1 Å². The van der Waals surface area contributed by atoms with Gasteiger partial charge < -0.3 is 9.84 Å². The Hall–Kier alpha value is -3.97. The van der Waals surface area contributed by atoms with Crippen LogP contribution in [0, 0.1) is 6.92 Å². The second-order valence-electron chi connectivity index (χ2n) is 8.46. The Morgan fingerprint density at radius 2 is 1.77 bits per heavy atom. The molecule has 1 amide bonds. The lowest BCUT2D eigenvalue weighted by Gasteiger charge is -2.23. The van der Waals surface area contributed by atoms with E-state index in [1.54, 1.807) is 43.5 Å². The van der Waals surface area contributed by atoms with Gasteiger partial charge in [-0.1, -0.05) is 66.3 Å². The number of benzene rings is 3. The summed E-state index contributed by atoms with van der Waals surface area (Å²) in [5.74, 6) is -1.01. The summed E-state index contributed by atoms with van der Waals surface area (Å²) in [4.78, 5) is 32.8. The van der Waals surface area contributed by atoms with Crippen molar-refractivity contribution in [2.45, 2.75) is 26.3 Å². The van der Waals surface area contributed by atoms with Gasteiger partial charge in [-0.25, -0.2) is 4.98 Å². The number of ketones is 1. The zero-order valence-electron chi connectivity index (χ0n) is 19.6. The second kappa shape index (κ2) is 9.00. The topological polar surface area (TPSA) is 79.7 Å². The number of rotatable bonds is 5. The van der Waals surface area contributed by atoms with Gasteiger partial charge in [-0.05, 0) is 48.7 Å². The maximum Gasteiger partial charge on any atom is 0.301 e. The first-order valence-corrected chi connectivity index (χ1v) is 12.1. The lowest BCUT2D eigenvalue weighted by Crippen LogP contribution is -2.29. The first-order chi connectivity index (χ1) is 16.9. The third kappa shape index (κ3) is 3.98. The minimum Gasteiger partial charge on any atom is -0.507 e. The van der Waals surface area contributed by atoms with E-state index in [1.165, 1.54) is 21.8 Å². The summed E-state index contributed by atoms with van der Waals surface area (Å²) in [5, 5.41) is 11.7. The third-order valence-corrected chi connectivity index (χ3v) is 7.27. The monoisotopic (exact) mass is 484 g/mol. The SMILES string of the molecule is CCc1ccc2nc(N3C(=O)C(=O)C(=C(O)c4ccc(C)cc4)C3c3ccc(OC)cc3)sc2c1. The molecule has 5 rings (SSSR count). The van der Waals surface area contributed by atoms with Crippen molar-refractivity contribution in [2.24, 2.45) is 0 Å². The van der Waals surface area contributed by atoms with Crippen molar-refractivity contribution in [1.29, 1.82) is 0 Å². The quantitative estimate of drug-likeness (QED) is 0.220. The Labute approximate surface area is 207 Å². The van der Waals surface area contributed by atoms with E-state index in [4.69, 9.17) is 4.74 Å². The molecule has 4 aromatic rings. The Morgan fingerprint density at radius 3 is 2.43 bits per heavy atom. The van der Waals surface area contributed by atoms with E-state index in [9.17, 15) is 14.7 Å². The molecule has 176 valence electrons. The van der Waals surface area contributed by atoms with Gasteiger partial charge in [-0.3, -0.25) is 14.5 Å². The van der Waals surface area contributed by atoms with Gasteiger partial charge in [0.05, 0.1) is 28.9 Å². The number of aryl methyl sites for hydroxylation is 2. The smallest absolute Gasteiger partial charge is 0.301 e. The number of anilines is 1. The van der Waals surface area contributed by atoms with Crippen molar-refractivity contribution in [3.63, 3.8) is 0 Å². The summed E-state index contributed by atoms with van der Waals surface area (Å²) in [6, 6.07) is 19.5. The number of aliphatic hydroxyl groups is 1. The molecule has 2 heterocycles. The van der Waals surface area contributed by atoms with Crippen LogP contribution < -0.4 is 9.64 Å². The largest absolute Gasteiger partial charge is 0.507 e. The predicted octanol–water partition coefficient (Wildman–Crippen LogP) is 5.80.